The number of ether oxygens (including phenoxy) is 1. The fraction of sp³-hybridized carbons (Fsp3) is 0.333. The first-order valence-corrected chi connectivity index (χ1v) is 8.75. The van der Waals surface area contributed by atoms with E-state index in [2.05, 4.69) is 0 Å². The first-order chi connectivity index (χ1) is 12.5. The molecule has 1 atom stereocenters. The van der Waals surface area contributed by atoms with Gasteiger partial charge < -0.3 is 14.7 Å². The van der Waals surface area contributed by atoms with Gasteiger partial charge in [0.2, 0.25) is 5.91 Å². The van der Waals surface area contributed by atoms with Crippen LogP contribution >= 0.6 is 0 Å². The zero-order valence-corrected chi connectivity index (χ0v) is 14.9. The topological polar surface area (TPSA) is 66.8 Å². The van der Waals surface area contributed by atoms with Crippen LogP contribution in [0.3, 0.4) is 0 Å². The molecule has 2 aromatic rings. The first-order valence-electron chi connectivity index (χ1n) is 8.75. The molecule has 1 unspecified atom stereocenters. The van der Waals surface area contributed by atoms with Gasteiger partial charge in [0.1, 0.15) is 11.4 Å². The highest BCUT2D eigenvalue weighted by Crippen LogP contribution is 2.32. The minimum absolute atomic E-state index is 0.0708. The highest BCUT2D eigenvalue weighted by Gasteiger charge is 2.39. The number of nitrogens with zero attached hydrogens (tertiary/aromatic N) is 1. The number of rotatable bonds is 6. The molecule has 5 nitrogen and oxygen atoms in total. The van der Waals surface area contributed by atoms with E-state index >= 15 is 0 Å². The molecule has 1 fully saturated rings. The molecule has 5 heteroatoms. The Morgan fingerprint density at radius 1 is 1.08 bits per heavy atom. The van der Waals surface area contributed by atoms with Crippen LogP contribution in [0.2, 0.25) is 0 Å². The van der Waals surface area contributed by atoms with Gasteiger partial charge in [-0.15, -0.1) is 0 Å². The molecule has 1 aliphatic heterocycles. The SMILES string of the molecule is COc1ccc(C(=O)CCC(=O)N2CCC(O)(c3ccccc3)C2)cc1. The molecule has 3 rings (SSSR count). The van der Waals surface area contributed by atoms with Crippen molar-refractivity contribution in [3.63, 3.8) is 0 Å². The predicted molar refractivity (Wildman–Crippen MR) is 98.1 cm³/mol. The fourth-order valence-electron chi connectivity index (χ4n) is 3.29. The number of hydrogen-bond acceptors (Lipinski definition) is 4. The summed E-state index contributed by atoms with van der Waals surface area (Å²) in [5.74, 6) is 0.520. The molecule has 2 aromatic carbocycles. The summed E-state index contributed by atoms with van der Waals surface area (Å²) in [7, 11) is 1.57. The number of carbonyl (C=O) groups excluding carboxylic acids is 2. The minimum atomic E-state index is -1.00. The van der Waals surface area contributed by atoms with Crippen LogP contribution in [0.25, 0.3) is 0 Å². The maximum Gasteiger partial charge on any atom is 0.223 e. The van der Waals surface area contributed by atoms with E-state index in [0.717, 1.165) is 5.56 Å². The smallest absolute Gasteiger partial charge is 0.223 e. The summed E-state index contributed by atoms with van der Waals surface area (Å²) >= 11 is 0. The Hall–Kier alpha value is -2.66. The maximum atomic E-state index is 12.4. The monoisotopic (exact) mass is 353 g/mol. The van der Waals surface area contributed by atoms with Gasteiger partial charge in [-0.2, -0.15) is 0 Å². The lowest BCUT2D eigenvalue weighted by atomic mass is 9.93. The van der Waals surface area contributed by atoms with Crippen LogP contribution in [-0.2, 0) is 10.4 Å². The molecule has 1 N–H and O–H groups in total. The molecule has 0 saturated carbocycles. The summed E-state index contributed by atoms with van der Waals surface area (Å²) in [5.41, 5.74) is 0.391. The average Bonchev–Trinajstić information content (AvgIpc) is 3.10. The van der Waals surface area contributed by atoms with E-state index in [0.29, 0.717) is 24.3 Å². The number of methoxy groups -OCH3 is 1. The van der Waals surface area contributed by atoms with Crippen LogP contribution in [-0.4, -0.2) is 41.9 Å². The highest BCUT2D eigenvalue weighted by atomic mass is 16.5. The summed E-state index contributed by atoms with van der Waals surface area (Å²) in [6.07, 6.45) is 0.816. The summed E-state index contributed by atoms with van der Waals surface area (Å²) in [5, 5.41) is 10.8. The van der Waals surface area contributed by atoms with E-state index in [1.54, 1.807) is 36.3 Å². The van der Waals surface area contributed by atoms with Gasteiger partial charge >= 0.3 is 0 Å². The third-order valence-electron chi connectivity index (χ3n) is 4.89. The van der Waals surface area contributed by atoms with Gasteiger partial charge in [-0.3, -0.25) is 9.59 Å². The van der Waals surface area contributed by atoms with Crippen molar-refractivity contribution >= 4 is 11.7 Å². The van der Waals surface area contributed by atoms with Gasteiger partial charge in [-0.05, 0) is 36.2 Å². The third-order valence-corrected chi connectivity index (χ3v) is 4.89. The van der Waals surface area contributed by atoms with E-state index in [1.165, 1.54) is 0 Å². The number of likely N-dealkylation sites (tertiary alicyclic amines) is 1. The van der Waals surface area contributed by atoms with Gasteiger partial charge in [0.25, 0.3) is 0 Å². The summed E-state index contributed by atoms with van der Waals surface area (Å²) in [4.78, 5) is 26.3. The standard InChI is InChI=1S/C21H23NO4/c1-26-18-9-7-16(8-10-18)19(23)11-12-20(24)22-14-13-21(25,15-22)17-5-3-2-4-6-17/h2-10,25H,11-15H2,1H3. The number of β-amino-alcohol motifs (C(OH)–C–C–N with tert-alkyl or cyclic N) is 1. The molecule has 0 spiro atoms. The molecule has 136 valence electrons. The number of carbonyl (C=O) groups is 2. The van der Waals surface area contributed by atoms with Crippen LogP contribution in [0.4, 0.5) is 0 Å². The van der Waals surface area contributed by atoms with Crippen molar-refractivity contribution in [1.29, 1.82) is 0 Å². The van der Waals surface area contributed by atoms with Gasteiger partial charge in [-0.1, -0.05) is 30.3 Å². The lowest BCUT2D eigenvalue weighted by Gasteiger charge is -2.24. The van der Waals surface area contributed by atoms with Gasteiger partial charge in [0, 0.05) is 24.9 Å². The van der Waals surface area contributed by atoms with Crippen molar-refractivity contribution < 1.29 is 19.4 Å². The Morgan fingerprint density at radius 2 is 1.77 bits per heavy atom. The molecule has 1 amide bonds. The van der Waals surface area contributed by atoms with Crippen molar-refractivity contribution in [2.24, 2.45) is 0 Å². The second-order valence-corrected chi connectivity index (χ2v) is 6.61. The Balaban J connectivity index is 1.55. The molecule has 0 aromatic heterocycles. The van der Waals surface area contributed by atoms with Crippen LogP contribution < -0.4 is 4.74 Å². The largest absolute Gasteiger partial charge is 0.497 e. The van der Waals surface area contributed by atoms with Gasteiger partial charge in [0.15, 0.2) is 5.78 Å². The normalized spacial score (nSPS) is 19.4. The zero-order chi connectivity index (χ0) is 18.6. The molecule has 0 bridgehead atoms. The molecule has 0 aliphatic carbocycles. The Bertz CT molecular complexity index is 772. The minimum Gasteiger partial charge on any atom is -0.497 e. The van der Waals surface area contributed by atoms with Crippen molar-refractivity contribution in [3.8, 4) is 5.75 Å². The molecule has 1 saturated heterocycles. The van der Waals surface area contributed by atoms with Gasteiger partial charge in [-0.25, -0.2) is 0 Å². The van der Waals surface area contributed by atoms with Crippen LogP contribution in [0.1, 0.15) is 35.2 Å². The number of ketones is 1. The van der Waals surface area contributed by atoms with Crippen molar-refractivity contribution in [1.82, 2.24) is 4.90 Å². The predicted octanol–water partition coefficient (Wildman–Crippen LogP) is 2.78. The molecule has 26 heavy (non-hydrogen) atoms. The van der Waals surface area contributed by atoms with E-state index in [9.17, 15) is 14.7 Å². The summed E-state index contributed by atoms with van der Waals surface area (Å²) < 4.78 is 5.07. The molecular formula is C21H23NO4. The van der Waals surface area contributed by atoms with E-state index < -0.39 is 5.60 Å². The van der Waals surface area contributed by atoms with Gasteiger partial charge in [0.05, 0.1) is 13.7 Å². The maximum absolute atomic E-state index is 12.4. The quantitative estimate of drug-likeness (QED) is 0.811. The zero-order valence-electron chi connectivity index (χ0n) is 14.9. The fourth-order valence-corrected chi connectivity index (χ4v) is 3.29. The Labute approximate surface area is 153 Å². The van der Waals surface area contributed by atoms with Crippen molar-refractivity contribution in [2.45, 2.75) is 24.9 Å². The Morgan fingerprint density at radius 3 is 2.42 bits per heavy atom. The second kappa shape index (κ2) is 7.70. The second-order valence-electron chi connectivity index (χ2n) is 6.61. The van der Waals surface area contributed by atoms with E-state index in [-0.39, 0.29) is 31.1 Å². The lowest BCUT2D eigenvalue weighted by Crippen LogP contribution is -2.34. The molecular weight excluding hydrogens is 330 g/mol. The number of hydrogen-bond donors (Lipinski definition) is 1. The first kappa shape index (κ1) is 18.1. The number of Topliss-reactive ketones (excluding diaryl/α,β-unsaturated/α-hetero) is 1. The lowest BCUT2D eigenvalue weighted by molar-refractivity contribution is -0.131. The van der Waals surface area contributed by atoms with Crippen LogP contribution in [0, 0.1) is 0 Å². The van der Waals surface area contributed by atoms with E-state index in [1.807, 2.05) is 30.3 Å². The Kier molecular flexibility index (Phi) is 5.38. The van der Waals surface area contributed by atoms with Crippen LogP contribution in [0.5, 0.6) is 5.75 Å². The third kappa shape index (κ3) is 3.94. The average molecular weight is 353 g/mol. The van der Waals surface area contributed by atoms with Crippen molar-refractivity contribution in [3.05, 3.63) is 65.7 Å². The number of benzene rings is 2. The summed E-state index contributed by atoms with van der Waals surface area (Å²) in [6, 6.07) is 16.3. The number of aliphatic hydroxyl groups is 1. The molecule has 1 aliphatic rings. The molecule has 0 radical (unpaired) electrons. The number of amides is 1. The highest BCUT2D eigenvalue weighted by molar-refractivity contribution is 5.98. The van der Waals surface area contributed by atoms with E-state index in [4.69, 9.17) is 4.74 Å². The van der Waals surface area contributed by atoms with Crippen LogP contribution in [0.15, 0.2) is 54.6 Å². The van der Waals surface area contributed by atoms with Crippen molar-refractivity contribution in [2.75, 3.05) is 20.2 Å². The summed E-state index contributed by atoms with van der Waals surface area (Å²) in [6.45, 7) is 0.771. The molecule has 1 heterocycles.